The minimum Gasteiger partial charge on any atom is -0.457 e. The highest BCUT2D eigenvalue weighted by atomic mass is 79.9. The van der Waals surface area contributed by atoms with Crippen LogP contribution >= 0.6 is 15.9 Å². The Labute approximate surface area is 99.8 Å². The Morgan fingerprint density at radius 1 is 1.53 bits per heavy atom. The Hall–Kier alpha value is -0.280. The molecule has 2 atom stereocenters. The number of nitrogens with zero attached hydrogens (tertiary/aromatic N) is 1. The molecule has 2 heterocycles. The molecule has 2 nitrogen and oxygen atoms in total. The molecule has 1 aromatic rings. The number of hydrogen-bond acceptors (Lipinski definition) is 2. The highest BCUT2D eigenvalue weighted by molar-refractivity contribution is 9.10. The average Bonchev–Trinajstić information content (AvgIpc) is 2.59. The molecule has 3 heteroatoms. The van der Waals surface area contributed by atoms with Gasteiger partial charge in [-0.15, -0.1) is 0 Å². The lowest BCUT2D eigenvalue weighted by Gasteiger charge is -2.37. The Morgan fingerprint density at radius 2 is 2.33 bits per heavy atom. The molecule has 84 valence electrons. The van der Waals surface area contributed by atoms with Crippen LogP contribution in [0.25, 0.3) is 0 Å². The minimum atomic E-state index is 0.687. The van der Waals surface area contributed by atoms with Gasteiger partial charge in [-0.3, -0.25) is 4.90 Å². The molecule has 0 spiro atoms. The topological polar surface area (TPSA) is 16.4 Å². The van der Waals surface area contributed by atoms with E-state index in [1.54, 1.807) is 0 Å². The summed E-state index contributed by atoms with van der Waals surface area (Å²) >= 11 is 3.34. The summed E-state index contributed by atoms with van der Waals surface area (Å²) in [5, 5.41) is 0. The predicted octanol–water partition coefficient (Wildman–Crippen LogP) is 3.66. The maximum absolute atomic E-state index is 5.26. The van der Waals surface area contributed by atoms with Crippen LogP contribution in [0.3, 0.4) is 0 Å². The van der Waals surface area contributed by atoms with Gasteiger partial charge in [-0.2, -0.15) is 0 Å². The van der Waals surface area contributed by atoms with Gasteiger partial charge < -0.3 is 4.42 Å². The van der Waals surface area contributed by atoms with Gasteiger partial charge in [0.25, 0.3) is 0 Å². The fraction of sp³-hybridized carbons (Fsp3) is 0.667. The number of furan rings is 1. The fourth-order valence-electron chi connectivity index (χ4n) is 2.31. The second kappa shape index (κ2) is 4.71. The second-order valence-corrected chi connectivity index (χ2v) is 5.37. The van der Waals surface area contributed by atoms with Crippen molar-refractivity contribution in [3.8, 4) is 0 Å². The van der Waals surface area contributed by atoms with Crippen LogP contribution in [0.1, 0.15) is 32.3 Å². The average molecular weight is 272 g/mol. The maximum Gasteiger partial charge on any atom is 0.169 e. The van der Waals surface area contributed by atoms with E-state index in [0.717, 1.165) is 17.1 Å². The van der Waals surface area contributed by atoms with E-state index in [4.69, 9.17) is 4.42 Å². The Balaban J connectivity index is 1.99. The fourth-order valence-corrected chi connectivity index (χ4v) is 2.69. The Morgan fingerprint density at radius 3 is 3.00 bits per heavy atom. The van der Waals surface area contributed by atoms with E-state index in [9.17, 15) is 0 Å². The zero-order valence-electron chi connectivity index (χ0n) is 9.37. The highest BCUT2D eigenvalue weighted by Gasteiger charge is 2.24. The van der Waals surface area contributed by atoms with Gasteiger partial charge in [0.2, 0.25) is 0 Å². The predicted molar refractivity (Wildman–Crippen MR) is 64.7 cm³/mol. The molecule has 1 aliphatic rings. The summed E-state index contributed by atoms with van der Waals surface area (Å²) < 4.78 is 6.09. The first-order valence-corrected chi connectivity index (χ1v) is 6.43. The quantitative estimate of drug-likeness (QED) is 0.816. The van der Waals surface area contributed by atoms with Crippen LogP contribution < -0.4 is 0 Å². The first kappa shape index (κ1) is 11.2. The lowest BCUT2D eigenvalue weighted by molar-refractivity contribution is 0.106. The van der Waals surface area contributed by atoms with Gasteiger partial charge in [-0.25, -0.2) is 0 Å². The summed E-state index contributed by atoms with van der Waals surface area (Å²) in [6.45, 7) is 6.91. The van der Waals surface area contributed by atoms with E-state index in [1.165, 1.54) is 24.9 Å². The van der Waals surface area contributed by atoms with E-state index < -0.39 is 0 Å². The molecule has 0 amide bonds. The van der Waals surface area contributed by atoms with E-state index in [1.807, 2.05) is 6.26 Å². The molecule has 15 heavy (non-hydrogen) atoms. The maximum atomic E-state index is 5.26. The monoisotopic (exact) mass is 271 g/mol. The number of likely N-dealkylation sites (tertiary alicyclic amines) is 1. The molecule has 0 bridgehead atoms. The van der Waals surface area contributed by atoms with E-state index >= 15 is 0 Å². The Kier molecular flexibility index (Phi) is 3.52. The van der Waals surface area contributed by atoms with Gasteiger partial charge in [0, 0.05) is 18.2 Å². The van der Waals surface area contributed by atoms with Crippen molar-refractivity contribution in [3.63, 3.8) is 0 Å². The van der Waals surface area contributed by atoms with Crippen LogP contribution in [-0.4, -0.2) is 17.5 Å². The Bertz CT molecular complexity index is 323. The highest BCUT2D eigenvalue weighted by Crippen LogP contribution is 2.25. The number of piperidine rings is 1. The van der Waals surface area contributed by atoms with Gasteiger partial charge in [0.05, 0.1) is 6.26 Å². The van der Waals surface area contributed by atoms with Crippen LogP contribution in [0.2, 0.25) is 0 Å². The summed E-state index contributed by atoms with van der Waals surface area (Å²) in [5.41, 5.74) is 1.27. The van der Waals surface area contributed by atoms with E-state index in [2.05, 4.69) is 40.7 Å². The molecule has 2 rings (SSSR count). The molecule has 1 fully saturated rings. The van der Waals surface area contributed by atoms with Gasteiger partial charge in [0.1, 0.15) is 0 Å². The van der Waals surface area contributed by atoms with Gasteiger partial charge in [0.15, 0.2) is 4.67 Å². The SMILES string of the molecule is CC1CCCN(Cc2coc(Br)c2)C1C. The summed E-state index contributed by atoms with van der Waals surface area (Å²) in [6.07, 6.45) is 4.54. The zero-order chi connectivity index (χ0) is 10.8. The van der Waals surface area contributed by atoms with Gasteiger partial charge >= 0.3 is 0 Å². The summed E-state index contributed by atoms with van der Waals surface area (Å²) in [6, 6.07) is 2.75. The number of halogens is 1. The molecule has 1 aliphatic heterocycles. The standard InChI is InChI=1S/C12H18BrNO/c1-9-4-3-5-14(10(9)2)7-11-6-12(13)15-8-11/h6,8-10H,3-5,7H2,1-2H3. The van der Waals surface area contributed by atoms with E-state index in [-0.39, 0.29) is 0 Å². The minimum absolute atomic E-state index is 0.687. The third kappa shape index (κ3) is 2.64. The van der Waals surface area contributed by atoms with Crippen LogP contribution in [0, 0.1) is 5.92 Å². The molecule has 0 radical (unpaired) electrons. The molecule has 1 aromatic heterocycles. The zero-order valence-corrected chi connectivity index (χ0v) is 11.0. The van der Waals surface area contributed by atoms with Crippen molar-refractivity contribution in [1.29, 1.82) is 0 Å². The molecule has 0 saturated carbocycles. The summed E-state index contributed by atoms with van der Waals surface area (Å²) in [7, 11) is 0. The molecule has 0 N–H and O–H groups in total. The molecule has 0 aromatic carbocycles. The van der Waals surface area contributed by atoms with Gasteiger partial charge in [-0.1, -0.05) is 6.92 Å². The van der Waals surface area contributed by atoms with Crippen molar-refractivity contribution in [1.82, 2.24) is 4.90 Å². The molecular weight excluding hydrogens is 254 g/mol. The normalized spacial score (nSPS) is 28.2. The van der Waals surface area contributed by atoms with Crippen molar-refractivity contribution in [3.05, 3.63) is 22.6 Å². The number of rotatable bonds is 2. The smallest absolute Gasteiger partial charge is 0.169 e. The summed E-state index contributed by atoms with van der Waals surface area (Å²) in [4.78, 5) is 2.55. The largest absolute Gasteiger partial charge is 0.457 e. The third-order valence-corrected chi connectivity index (χ3v) is 3.93. The van der Waals surface area contributed by atoms with Crippen molar-refractivity contribution >= 4 is 15.9 Å². The molecule has 2 unspecified atom stereocenters. The number of hydrogen-bond donors (Lipinski definition) is 0. The van der Waals surface area contributed by atoms with E-state index in [0.29, 0.717) is 6.04 Å². The van der Waals surface area contributed by atoms with Crippen molar-refractivity contribution < 1.29 is 4.42 Å². The van der Waals surface area contributed by atoms with Crippen LogP contribution in [-0.2, 0) is 6.54 Å². The molecule has 0 aliphatic carbocycles. The molecule has 1 saturated heterocycles. The first-order chi connectivity index (χ1) is 7.16. The van der Waals surface area contributed by atoms with Crippen LogP contribution in [0.4, 0.5) is 0 Å². The summed E-state index contributed by atoms with van der Waals surface area (Å²) in [5.74, 6) is 0.814. The molecular formula is C12H18BrNO. The van der Waals surface area contributed by atoms with Gasteiger partial charge in [-0.05, 0) is 54.2 Å². The first-order valence-electron chi connectivity index (χ1n) is 5.64. The lowest BCUT2D eigenvalue weighted by Crippen LogP contribution is -2.41. The van der Waals surface area contributed by atoms with Crippen molar-refractivity contribution in [2.75, 3.05) is 6.54 Å². The van der Waals surface area contributed by atoms with Crippen LogP contribution in [0.15, 0.2) is 21.4 Å². The second-order valence-electron chi connectivity index (χ2n) is 4.59. The van der Waals surface area contributed by atoms with Crippen LogP contribution in [0.5, 0.6) is 0 Å². The van der Waals surface area contributed by atoms with Crippen molar-refractivity contribution in [2.45, 2.75) is 39.3 Å². The third-order valence-electron chi connectivity index (χ3n) is 3.51. The lowest BCUT2D eigenvalue weighted by atomic mass is 9.92. The van der Waals surface area contributed by atoms with Crippen molar-refractivity contribution in [2.24, 2.45) is 5.92 Å².